The minimum atomic E-state index is -0.792. The maximum absolute atomic E-state index is 11.6. The van der Waals surface area contributed by atoms with Gasteiger partial charge in [-0.15, -0.1) is 0 Å². The summed E-state index contributed by atoms with van der Waals surface area (Å²) in [4.78, 5) is 22.8. The van der Waals surface area contributed by atoms with E-state index < -0.39 is 12.4 Å². The van der Waals surface area contributed by atoms with Gasteiger partial charge in [-0.25, -0.2) is 0 Å². The molecule has 1 aromatic rings. The van der Waals surface area contributed by atoms with Crippen LogP contribution in [0.1, 0.15) is 38.8 Å². The monoisotopic (exact) mass is 442 g/mol. The Morgan fingerprint density at radius 3 is 2.19 bits per heavy atom. The molecule has 0 bridgehead atoms. The molecule has 0 aliphatic carbocycles. The third-order valence-electron chi connectivity index (χ3n) is 4.92. The third-order valence-corrected chi connectivity index (χ3v) is 5.38. The molecule has 1 fully saturated rings. The summed E-state index contributed by atoms with van der Waals surface area (Å²) in [6.45, 7) is 10.7. The van der Waals surface area contributed by atoms with Crippen molar-refractivity contribution in [3.8, 4) is 5.75 Å². The summed E-state index contributed by atoms with van der Waals surface area (Å²) in [7, 11) is 0. The average molecular weight is 443 g/mol. The summed E-state index contributed by atoms with van der Waals surface area (Å²) in [5, 5.41) is 0. The first kappa shape index (κ1) is 21.7. The zero-order valence-electron chi connectivity index (χ0n) is 16.6. The number of aryl methyl sites for hydroxylation is 2. The summed E-state index contributed by atoms with van der Waals surface area (Å²) in [6.07, 6.45) is -1.70. The van der Waals surface area contributed by atoms with Crippen molar-refractivity contribution in [2.24, 2.45) is 11.8 Å². The molecular formula is C20H27BrO6. The normalized spacial score (nSPS) is 27.7. The SMILES string of the molecule is CC(=O)OCC1OC(Oc2c(C)cc(Br)cc2C)C(OC(C)=O)C(C)C1C. The third kappa shape index (κ3) is 5.45. The first-order chi connectivity index (χ1) is 12.6. The molecule has 1 aliphatic heterocycles. The number of hydrogen-bond donors (Lipinski definition) is 0. The lowest BCUT2D eigenvalue weighted by Crippen LogP contribution is -2.54. The highest BCUT2D eigenvalue weighted by atomic mass is 79.9. The van der Waals surface area contributed by atoms with Crippen LogP contribution in [0.15, 0.2) is 16.6 Å². The van der Waals surface area contributed by atoms with E-state index in [4.69, 9.17) is 18.9 Å². The highest BCUT2D eigenvalue weighted by molar-refractivity contribution is 9.10. The Balaban J connectivity index is 2.29. The van der Waals surface area contributed by atoms with Gasteiger partial charge in [0.1, 0.15) is 12.4 Å². The molecular weight excluding hydrogens is 416 g/mol. The Morgan fingerprint density at radius 2 is 1.67 bits per heavy atom. The maximum atomic E-state index is 11.6. The molecule has 6 nitrogen and oxygen atoms in total. The number of carbonyl (C=O) groups is 2. The summed E-state index contributed by atoms with van der Waals surface area (Å²) < 4.78 is 23.9. The zero-order chi connectivity index (χ0) is 20.3. The molecule has 0 radical (unpaired) electrons. The lowest BCUT2D eigenvalue weighted by Gasteiger charge is -2.43. The molecule has 0 N–H and O–H groups in total. The Kier molecular flexibility index (Phi) is 7.28. The van der Waals surface area contributed by atoms with E-state index in [1.54, 1.807) is 0 Å². The predicted octanol–water partition coefficient (Wildman–Crippen LogP) is 3.94. The van der Waals surface area contributed by atoms with Gasteiger partial charge in [0.2, 0.25) is 6.29 Å². The van der Waals surface area contributed by atoms with Crippen LogP contribution in [0.2, 0.25) is 0 Å². The van der Waals surface area contributed by atoms with Crippen LogP contribution in [-0.2, 0) is 23.8 Å². The second kappa shape index (κ2) is 9.06. The van der Waals surface area contributed by atoms with Crippen molar-refractivity contribution in [3.63, 3.8) is 0 Å². The van der Waals surface area contributed by atoms with Crippen LogP contribution in [0.5, 0.6) is 5.75 Å². The van der Waals surface area contributed by atoms with Crippen molar-refractivity contribution >= 4 is 27.9 Å². The van der Waals surface area contributed by atoms with Crippen molar-refractivity contribution < 1.29 is 28.5 Å². The summed E-state index contributed by atoms with van der Waals surface area (Å²) in [5.41, 5.74) is 1.88. The number of esters is 2. The molecule has 5 atom stereocenters. The largest absolute Gasteiger partial charge is 0.463 e. The van der Waals surface area contributed by atoms with Gasteiger partial charge in [0.25, 0.3) is 0 Å². The van der Waals surface area contributed by atoms with E-state index in [-0.39, 0.29) is 36.5 Å². The molecule has 0 amide bonds. The van der Waals surface area contributed by atoms with E-state index in [9.17, 15) is 9.59 Å². The summed E-state index contributed by atoms with van der Waals surface area (Å²) >= 11 is 3.47. The quantitative estimate of drug-likeness (QED) is 0.643. The van der Waals surface area contributed by atoms with Crippen molar-refractivity contribution in [2.45, 2.75) is 60.0 Å². The van der Waals surface area contributed by atoms with Gasteiger partial charge in [-0.05, 0) is 43.0 Å². The van der Waals surface area contributed by atoms with Gasteiger partial charge in [-0.2, -0.15) is 0 Å². The number of ether oxygens (including phenoxy) is 4. The number of carbonyl (C=O) groups excluding carboxylic acids is 2. The smallest absolute Gasteiger partial charge is 0.303 e. The van der Waals surface area contributed by atoms with Crippen LogP contribution >= 0.6 is 15.9 Å². The predicted molar refractivity (Wildman–Crippen MR) is 103 cm³/mol. The van der Waals surface area contributed by atoms with E-state index in [2.05, 4.69) is 15.9 Å². The lowest BCUT2D eigenvalue weighted by atomic mass is 9.83. The van der Waals surface area contributed by atoms with Gasteiger partial charge in [0.05, 0.1) is 6.10 Å². The molecule has 1 aromatic carbocycles. The first-order valence-corrected chi connectivity index (χ1v) is 9.79. The van der Waals surface area contributed by atoms with E-state index >= 15 is 0 Å². The van der Waals surface area contributed by atoms with Crippen molar-refractivity contribution in [1.82, 2.24) is 0 Å². The van der Waals surface area contributed by atoms with E-state index in [0.717, 1.165) is 15.6 Å². The number of rotatable bonds is 5. The van der Waals surface area contributed by atoms with Crippen LogP contribution < -0.4 is 4.74 Å². The van der Waals surface area contributed by atoms with Gasteiger partial charge >= 0.3 is 11.9 Å². The van der Waals surface area contributed by atoms with E-state index in [1.807, 2.05) is 39.8 Å². The van der Waals surface area contributed by atoms with Crippen LogP contribution in [0, 0.1) is 25.7 Å². The second-order valence-electron chi connectivity index (χ2n) is 7.12. The fourth-order valence-corrected chi connectivity index (χ4v) is 3.99. The van der Waals surface area contributed by atoms with Gasteiger partial charge in [0.15, 0.2) is 6.10 Å². The molecule has 1 heterocycles. The fraction of sp³-hybridized carbons (Fsp3) is 0.600. The topological polar surface area (TPSA) is 71.1 Å². The Bertz CT molecular complexity index is 679. The lowest BCUT2D eigenvalue weighted by molar-refractivity contribution is -0.253. The Labute approximate surface area is 168 Å². The van der Waals surface area contributed by atoms with Gasteiger partial charge in [0, 0.05) is 24.2 Å². The van der Waals surface area contributed by atoms with Gasteiger partial charge in [-0.1, -0.05) is 29.8 Å². The van der Waals surface area contributed by atoms with Crippen LogP contribution in [0.4, 0.5) is 0 Å². The van der Waals surface area contributed by atoms with Crippen LogP contribution in [-0.4, -0.2) is 37.0 Å². The highest BCUT2D eigenvalue weighted by Gasteiger charge is 2.45. The summed E-state index contributed by atoms with van der Waals surface area (Å²) in [6, 6.07) is 3.91. The van der Waals surface area contributed by atoms with Crippen LogP contribution in [0.3, 0.4) is 0 Å². The molecule has 1 aliphatic rings. The number of halogens is 1. The molecule has 27 heavy (non-hydrogen) atoms. The Hall–Kier alpha value is -1.60. The minimum Gasteiger partial charge on any atom is -0.463 e. The standard InChI is InChI=1S/C20H27BrO6/c1-10-7-16(21)8-11(2)18(10)27-20-19(25-15(6)23)13(4)12(3)17(26-20)9-24-14(5)22/h7-8,12-13,17,19-20H,9H2,1-6H3. The second-order valence-corrected chi connectivity index (χ2v) is 8.04. The molecule has 5 unspecified atom stereocenters. The van der Waals surface area contributed by atoms with Crippen LogP contribution in [0.25, 0.3) is 0 Å². The highest BCUT2D eigenvalue weighted by Crippen LogP contribution is 2.36. The molecule has 2 rings (SSSR count). The van der Waals surface area contributed by atoms with Crippen molar-refractivity contribution in [2.75, 3.05) is 6.61 Å². The maximum Gasteiger partial charge on any atom is 0.303 e. The minimum absolute atomic E-state index is 0.0145. The van der Waals surface area contributed by atoms with Gasteiger partial charge in [-0.3, -0.25) is 9.59 Å². The molecule has 7 heteroatoms. The number of benzene rings is 1. The number of hydrogen-bond acceptors (Lipinski definition) is 6. The van der Waals surface area contributed by atoms with E-state index in [1.165, 1.54) is 13.8 Å². The molecule has 0 saturated carbocycles. The average Bonchev–Trinajstić information content (AvgIpc) is 2.55. The molecule has 0 aromatic heterocycles. The van der Waals surface area contributed by atoms with Gasteiger partial charge < -0.3 is 18.9 Å². The first-order valence-electron chi connectivity index (χ1n) is 8.99. The van der Waals surface area contributed by atoms with Crippen molar-refractivity contribution in [3.05, 3.63) is 27.7 Å². The molecule has 0 spiro atoms. The van der Waals surface area contributed by atoms with E-state index in [0.29, 0.717) is 5.75 Å². The fourth-order valence-electron chi connectivity index (χ4n) is 3.30. The zero-order valence-corrected chi connectivity index (χ0v) is 18.2. The molecule has 1 saturated heterocycles. The summed E-state index contributed by atoms with van der Waals surface area (Å²) in [5.74, 6) is -0.0881. The van der Waals surface area contributed by atoms with Crippen molar-refractivity contribution in [1.29, 1.82) is 0 Å². The molecule has 150 valence electrons. The Morgan fingerprint density at radius 1 is 1.07 bits per heavy atom.